The monoisotopic (exact) mass is 254 g/mol. The van der Waals surface area contributed by atoms with Gasteiger partial charge in [-0.1, -0.05) is 13.8 Å². The van der Waals surface area contributed by atoms with Crippen LogP contribution in [0.25, 0.3) is 0 Å². The van der Waals surface area contributed by atoms with E-state index in [4.69, 9.17) is 12.2 Å². The van der Waals surface area contributed by atoms with Crippen LogP contribution in [0.2, 0.25) is 0 Å². The summed E-state index contributed by atoms with van der Waals surface area (Å²) in [5.74, 6) is 1.38. The summed E-state index contributed by atoms with van der Waals surface area (Å²) in [6, 6.07) is 0. The van der Waals surface area contributed by atoms with Crippen LogP contribution < -0.4 is 0 Å². The second-order valence-corrected chi connectivity index (χ2v) is 4.99. The molecule has 1 N–H and O–H groups in total. The minimum absolute atomic E-state index is 0.370. The molecule has 2 aromatic heterocycles. The number of nitrogens with one attached hydrogen (secondary N) is 1. The maximum atomic E-state index is 5.21. The van der Waals surface area contributed by atoms with Crippen molar-refractivity contribution in [3.8, 4) is 0 Å². The van der Waals surface area contributed by atoms with Crippen molar-refractivity contribution in [3.63, 3.8) is 0 Å². The molecule has 0 fully saturated rings. The Hall–Kier alpha value is -1.01. The molecule has 1 atom stereocenters. The van der Waals surface area contributed by atoms with Crippen molar-refractivity contribution >= 4 is 23.6 Å². The normalized spacial score (nSPS) is 12.9. The van der Waals surface area contributed by atoms with Crippen molar-refractivity contribution in [2.75, 3.05) is 0 Å². The number of aryl methyl sites for hydroxylation is 1. The van der Waals surface area contributed by atoms with Crippen molar-refractivity contribution < 1.29 is 0 Å². The van der Waals surface area contributed by atoms with Crippen LogP contribution >= 0.6 is 23.6 Å². The first-order valence-electron chi connectivity index (χ1n) is 5.25. The second kappa shape index (κ2) is 4.88. The van der Waals surface area contributed by atoms with Crippen LogP contribution in [0.15, 0.2) is 11.6 Å². The number of nitrogens with zero attached hydrogens (tertiary/aromatic N) is 3. The summed E-state index contributed by atoms with van der Waals surface area (Å²) in [6.07, 6.45) is 2.73. The standard InChI is InChI=1S/C10H14N4S2/c1-3-8-12-13-10(15)14(8)6-7(2)9-11-4-5-16-9/h4-5,7H,3,6H2,1-2H3,(H,13,15). The summed E-state index contributed by atoms with van der Waals surface area (Å²) in [6.45, 7) is 5.08. The molecule has 16 heavy (non-hydrogen) atoms. The van der Waals surface area contributed by atoms with E-state index in [1.807, 2.05) is 11.6 Å². The molecule has 1 unspecified atom stereocenters. The van der Waals surface area contributed by atoms with Crippen LogP contribution in [0.3, 0.4) is 0 Å². The molecule has 2 rings (SSSR count). The maximum Gasteiger partial charge on any atom is 0.195 e. The molecule has 2 aromatic rings. The van der Waals surface area contributed by atoms with E-state index >= 15 is 0 Å². The molecule has 6 heteroatoms. The number of hydrogen-bond acceptors (Lipinski definition) is 4. The van der Waals surface area contributed by atoms with Crippen molar-refractivity contribution in [1.82, 2.24) is 19.7 Å². The largest absolute Gasteiger partial charge is 0.303 e. The highest BCUT2D eigenvalue weighted by Gasteiger charge is 2.12. The lowest BCUT2D eigenvalue weighted by molar-refractivity contribution is 0.567. The highest BCUT2D eigenvalue weighted by Crippen LogP contribution is 2.20. The maximum absolute atomic E-state index is 5.21. The Labute approximate surface area is 103 Å². The lowest BCUT2D eigenvalue weighted by Gasteiger charge is -2.10. The van der Waals surface area contributed by atoms with Crippen LogP contribution in [0, 0.1) is 4.77 Å². The van der Waals surface area contributed by atoms with E-state index in [1.54, 1.807) is 11.3 Å². The van der Waals surface area contributed by atoms with Crippen LogP contribution in [0.4, 0.5) is 0 Å². The van der Waals surface area contributed by atoms with Crippen LogP contribution in [0.1, 0.15) is 30.6 Å². The Kier molecular flexibility index (Phi) is 3.50. The first-order valence-corrected chi connectivity index (χ1v) is 6.54. The molecule has 4 nitrogen and oxygen atoms in total. The molecule has 0 aliphatic heterocycles. The Morgan fingerprint density at radius 3 is 3.06 bits per heavy atom. The molecule has 0 spiro atoms. The molecule has 0 aliphatic carbocycles. The van der Waals surface area contributed by atoms with Gasteiger partial charge < -0.3 is 4.57 Å². The zero-order valence-corrected chi connectivity index (χ0v) is 10.9. The van der Waals surface area contributed by atoms with Gasteiger partial charge in [-0.15, -0.1) is 11.3 Å². The first kappa shape index (κ1) is 11.5. The van der Waals surface area contributed by atoms with Gasteiger partial charge in [0.15, 0.2) is 4.77 Å². The highest BCUT2D eigenvalue weighted by molar-refractivity contribution is 7.71. The summed E-state index contributed by atoms with van der Waals surface area (Å²) in [7, 11) is 0. The lowest BCUT2D eigenvalue weighted by Crippen LogP contribution is -2.09. The Morgan fingerprint density at radius 2 is 2.44 bits per heavy atom. The van der Waals surface area contributed by atoms with Crippen LogP contribution in [-0.2, 0) is 13.0 Å². The number of H-pyrrole nitrogens is 1. The molecule has 86 valence electrons. The van der Waals surface area contributed by atoms with Crippen LogP contribution in [0.5, 0.6) is 0 Å². The number of hydrogen-bond donors (Lipinski definition) is 1. The van der Waals surface area contributed by atoms with Gasteiger partial charge in [-0.25, -0.2) is 4.98 Å². The molecule has 0 bridgehead atoms. The van der Waals surface area contributed by atoms with Crippen LogP contribution in [-0.4, -0.2) is 19.7 Å². The quantitative estimate of drug-likeness (QED) is 0.853. The van der Waals surface area contributed by atoms with Crippen molar-refractivity contribution in [2.45, 2.75) is 32.7 Å². The van der Waals surface area contributed by atoms with Gasteiger partial charge >= 0.3 is 0 Å². The van der Waals surface area contributed by atoms with E-state index in [2.05, 4.69) is 33.6 Å². The van der Waals surface area contributed by atoms with Gasteiger partial charge in [0.1, 0.15) is 5.82 Å². The van der Waals surface area contributed by atoms with E-state index in [9.17, 15) is 0 Å². The molecule has 0 aromatic carbocycles. The van der Waals surface area contributed by atoms with Gasteiger partial charge in [-0.3, -0.25) is 5.10 Å². The molecule has 0 radical (unpaired) electrons. The van der Waals surface area contributed by atoms with Crippen molar-refractivity contribution in [3.05, 3.63) is 27.2 Å². The van der Waals surface area contributed by atoms with E-state index in [0.29, 0.717) is 10.7 Å². The number of rotatable bonds is 4. The summed E-state index contributed by atoms with van der Waals surface area (Å²) < 4.78 is 2.75. The lowest BCUT2D eigenvalue weighted by atomic mass is 10.2. The molecular weight excluding hydrogens is 240 g/mol. The molecule has 0 saturated heterocycles. The molecule has 0 aliphatic rings. The first-order chi connectivity index (χ1) is 7.72. The van der Waals surface area contributed by atoms with E-state index in [1.165, 1.54) is 0 Å². The fourth-order valence-electron chi connectivity index (χ4n) is 1.64. The summed E-state index contributed by atoms with van der Waals surface area (Å²) >= 11 is 6.90. The zero-order chi connectivity index (χ0) is 11.5. The van der Waals surface area contributed by atoms with E-state index in [0.717, 1.165) is 23.8 Å². The molecular formula is C10H14N4S2. The Morgan fingerprint density at radius 1 is 1.62 bits per heavy atom. The van der Waals surface area contributed by atoms with Gasteiger partial charge in [-0.2, -0.15) is 5.10 Å². The third-order valence-electron chi connectivity index (χ3n) is 2.48. The van der Waals surface area contributed by atoms with Crippen molar-refractivity contribution in [2.24, 2.45) is 0 Å². The topological polar surface area (TPSA) is 46.5 Å². The molecule has 0 saturated carbocycles. The number of aromatic nitrogens is 4. The summed E-state index contributed by atoms with van der Waals surface area (Å²) in [4.78, 5) is 4.32. The third kappa shape index (κ3) is 2.22. The van der Waals surface area contributed by atoms with Crippen molar-refractivity contribution in [1.29, 1.82) is 0 Å². The average Bonchev–Trinajstić information content (AvgIpc) is 2.89. The fourth-order valence-corrected chi connectivity index (χ4v) is 2.55. The van der Waals surface area contributed by atoms with Gasteiger partial charge in [-0.05, 0) is 12.2 Å². The highest BCUT2D eigenvalue weighted by atomic mass is 32.1. The summed E-state index contributed by atoms with van der Waals surface area (Å²) in [5.41, 5.74) is 0. The second-order valence-electron chi connectivity index (χ2n) is 3.68. The van der Waals surface area contributed by atoms with Gasteiger partial charge in [0.25, 0.3) is 0 Å². The van der Waals surface area contributed by atoms with E-state index < -0.39 is 0 Å². The minimum atomic E-state index is 0.370. The minimum Gasteiger partial charge on any atom is -0.303 e. The van der Waals surface area contributed by atoms with Gasteiger partial charge in [0.05, 0.1) is 5.01 Å². The predicted molar refractivity (Wildman–Crippen MR) is 67.3 cm³/mol. The smallest absolute Gasteiger partial charge is 0.195 e. The molecule has 0 amide bonds. The molecule has 2 heterocycles. The van der Waals surface area contributed by atoms with E-state index in [-0.39, 0.29) is 0 Å². The predicted octanol–water partition coefficient (Wildman–Crippen LogP) is 2.76. The summed E-state index contributed by atoms with van der Waals surface area (Å²) in [5, 5.41) is 10.2. The van der Waals surface area contributed by atoms with Gasteiger partial charge in [0.2, 0.25) is 0 Å². The Balaban J connectivity index is 2.20. The number of aromatic amines is 1. The number of thiazole rings is 1. The van der Waals surface area contributed by atoms with Gasteiger partial charge in [0, 0.05) is 30.5 Å². The average molecular weight is 254 g/mol. The SMILES string of the molecule is CCc1n[nH]c(=S)n1CC(C)c1nccs1. The zero-order valence-electron chi connectivity index (χ0n) is 9.30. The fraction of sp³-hybridized carbons (Fsp3) is 0.500. The Bertz CT molecular complexity index is 497. The third-order valence-corrected chi connectivity index (χ3v) is 3.80.